The Kier molecular flexibility index (Phi) is 6.24. The molecule has 0 radical (unpaired) electrons. The topological polar surface area (TPSA) is 60.7 Å². The first-order valence-electron chi connectivity index (χ1n) is 6.91. The van der Waals surface area contributed by atoms with Gasteiger partial charge >= 0.3 is 0 Å². The molecule has 23 heavy (non-hydrogen) atoms. The minimum absolute atomic E-state index is 0.138. The Labute approximate surface area is 144 Å². The highest BCUT2D eigenvalue weighted by Crippen LogP contribution is 2.36. The van der Waals surface area contributed by atoms with Gasteiger partial charge < -0.3 is 19.2 Å². The number of methoxy groups -OCH3 is 2. The minimum Gasteiger partial charge on any atom is -0.495 e. The second kappa shape index (κ2) is 8.17. The summed E-state index contributed by atoms with van der Waals surface area (Å²) in [5.74, 6) is 2.30. The molecule has 1 aromatic carbocycles. The molecule has 0 aliphatic rings. The number of anilines is 1. The lowest BCUT2D eigenvalue weighted by atomic mass is 10.2. The highest BCUT2D eigenvalue weighted by molar-refractivity contribution is 7.99. The van der Waals surface area contributed by atoms with E-state index in [2.05, 4.69) is 5.32 Å². The van der Waals surface area contributed by atoms with E-state index in [1.54, 1.807) is 18.4 Å². The standard InChI is InChI=1S/C16H18ClNO4S/c1-10(23-9-11-5-4-6-22-11)16(19)18-13-7-12(17)14(20-2)8-15(13)21-3/h4-8,10H,9H2,1-3H3,(H,18,19). The predicted octanol–water partition coefficient (Wildman–Crippen LogP) is 4.21. The van der Waals surface area contributed by atoms with E-state index < -0.39 is 0 Å². The monoisotopic (exact) mass is 355 g/mol. The fraction of sp³-hybridized carbons (Fsp3) is 0.312. The maximum atomic E-state index is 12.3. The van der Waals surface area contributed by atoms with E-state index in [4.69, 9.17) is 25.5 Å². The highest BCUT2D eigenvalue weighted by atomic mass is 35.5. The quantitative estimate of drug-likeness (QED) is 0.806. The molecule has 2 rings (SSSR count). The Hall–Kier alpha value is -1.79. The second-order valence-electron chi connectivity index (χ2n) is 4.71. The van der Waals surface area contributed by atoms with Crippen LogP contribution in [0.25, 0.3) is 0 Å². The zero-order valence-electron chi connectivity index (χ0n) is 13.1. The summed E-state index contributed by atoms with van der Waals surface area (Å²) in [6.45, 7) is 1.83. The summed E-state index contributed by atoms with van der Waals surface area (Å²) in [7, 11) is 3.04. The summed E-state index contributed by atoms with van der Waals surface area (Å²) in [6, 6.07) is 6.95. The van der Waals surface area contributed by atoms with Gasteiger partial charge in [0.15, 0.2) is 0 Å². The van der Waals surface area contributed by atoms with Gasteiger partial charge in [0.25, 0.3) is 0 Å². The number of benzene rings is 1. The van der Waals surface area contributed by atoms with Crippen LogP contribution < -0.4 is 14.8 Å². The van der Waals surface area contributed by atoms with Gasteiger partial charge in [0.05, 0.1) is 42.2 Å². The average Bonchev–Trinajstić information content (AvgIpc) is 3.06. The number of amides is 1. The molecule has 0 spiro atoms. The van der Waals surface area contributed by atoms with Crippen molar-refractivity contribution in [2.24, 2.45) is 0 Å². The van der Waals surface area contributed by atoms with Crippen LogP contribution in [0, 0.1) is 0 Å². The number of ether oxygens (including phenoxy) is 2. The van der Waals surface area contributed by atoms with Crippen molar-refractivity contribution < 1.29 is 18.7 Å². The number of rotatable bonds is 7. The molecule has 0 saturated carbocycles. The Morgan fingerprint density at radius 1 is 1.35 bits per heavy atom. The third kappa shape index (κ3) is 4.59. The van der Waals surface area contributed by atoms with Crippen LogP contribution in [0.5, 0.6) is 11.5 Å². The van der Waals surface area contributed by atoms with E-state index in [0.717, 1.165) is 5.76 Å². The van der Waals surface area contributed by atoms with Crippen molar-refractivity contribution >= 4 is 35.0 Å². The van der Waals surface area contributed by atoms with Gasteiger partial charge in [-0.25, -0.2) is 0 Å². The van der Waals surface area contributed by atoms with Gasteiger partial charge in [0, 0.05) is 6.07 Å². The van der Waals surface area contributed by atoms with Crippen molar-refractivity contribution in [2.75, 3.05) is 19.5 Å². The van der Waals surface area contributed by atoms with Crippen molar-refractivity contribution in [1.82, 2.24) is 0 Å². The maximum Gasteiger partial charge on any atom is 0.237 e. The Bertz CT molecular complexity index is 660. The fourth-order valence-corrected chi connectivity index (χ4v) is 2.90. The molecule has 0 bridgehead atoms. The second-order valence-corrected chi connectivity index (χ2v) is 6.45. The van der Waals surface area contributed by atoms with Crippen LogP contribution in [-0.2, 0) is 10.5 Å². The molecule has 0 aliphatic carbocycles. The maximum absolute atomic E-state index is 12.3. The molecule has 1 atom stereocenters. The normalized spacial score (nSPS) is 11.8. The predicted molar refractivity (Wildman–Crippen MR) is 92.7 cm³/mol. The van der Waals surface area contributed by atoms with Crippen LogP contribution in [0.2, 0.25) is 5.02 Å². The first kappa shape index (κ1) is 17.6. The Balaban J connectivity index is 2.02. The van der Waals surface area contributed by atoms with Gasteiger partial charge in [-0.05, 0) is 25.1 Å². The molecule has 7 heteroatoms. The molecule has 1 N–H and O–H groups in total. The van der Waals surface area contributed by atoms with Crippen LogP contribution in [0.15, 0.2) is 34.9 Å². The van der Waals surface area contributed by atoms with E-state index in [1.165, 1.54) is 26.0 Å². The number of halogens is 1. The van der Waals surface area contributed by atoms with Crippen LogP contribution in [0.1, 0.15) is 12.7 Å². The Morgan fingerprint density at radius 2 is 2.09 bits per heavy atom. The minimum atomic E-state index is -0.259. The number of hydrogen-bond acceptors (Lipinski definition) is 5. The largest absolute Gasteiger partial charge is 0.495 e. The van der Waals surface area contributed by atoms with Gasteiger partial charge in [-0.1, -0.05) is 11.6 Å². The molecule has 0 aliphatic heterocycles. The lowest BCUT2D eigenvalue weighted by molar-refractivity contribution is -0.115. The van der Waals surface area contributed by atoms with Gasteiger partial charge in [0.1, 0.15) is 17.3 Å². The lowest BCUT2D eigenvalue weighted by Gasteiger charge is -2.15. The van der Waals surface area contributed by atoms with Crippen molar-refractivity contribution in [3.05, 3.63) is 41.3 Å². The summed E-state index contributed by atoms with van der Waals surface area (Å²) in [5, 5.41) is 2.97. The number of thioether (sulfide) groups is 1. The van der Waals surface area contributed by atoms with E-state index in [-0.39, 0.29) is 11.2 Å². The van der Waals surface area contributed by atoms with Gasteiger partial charge in [-0.2, -0.15) is 0 Å². The first-order valence-corrected chi connectivity index (χ1v) is 8.34. The van der Waals surface area contributed by atoms with Crippen molar-refractivity contribution in [3.8, 4) is 11.5 Å². The summed E-state index contributed by atoms with van der Waals surface area (Å²) < 4.78 is 15.7. The molecule has 1 heterocycles. The highest BCUT2D eigenvalue weighted by Gasteiger charge is 2.17. The molecule has 0 fully saturated rings. The number of hydrogen-bond donors (Lipinski definition) is 1. The van der Waals surface area contributed by atoms with Crippen molar-refractivity contribution in [3.63, 3.8) is 0 Å². The zero-order valence-corrected chi connectivity index (χ0v) is 14.7. The smallest absolute Gasteiger partial charge is 0.237 e. The van der Waals surface area contributed by atoms with E-state index in [1.807, 2.05) is 19.1 Å². The molecular weight excluding hydrogens is 338 g/mol. The van der Waals surface area contributed by atoms with Crippen LogP contribution in [0.3, 0.4) is 0 Å². The average molecular weight is 356 g/mol. The summed E-state index contributed by atoms with van der Waals surface area (Å²) >= 11 is 7.58. The van der Waals surface area contributed by atoms with Gasteiger partial charge in [-0.15, -0.1) is 11.8 Å². The molecule has 124 valence electrons. The van der Waals surface area contributed by atoms with E-state index in [9.17, 15) is 4.79 Å². The molecule has 0 saturated heterocycles. The number of carbonyl (C=O) groups is 1. The summed E-state index contributed by atoms with van der Waals surface area (Å²) in [6.07, 6.45) is 1.62. The van der Waals surface area contributed by atoms with Crippen molar-refractivity contribution in [1.29, 1.82) is 0 Å². The van der Waals surface area contributed by atoms with Crippen LogP contribution >= 0.6 is 23.4 Å². The molecule has 5 nitrogen and oxygen atoms in total. The third-order valence-electron chi connectivity index (χ3n) is 3.16. The Morgan fingerprint density at radius 3 is 2.70 bits per heavy atom. The number of nitrogens with one attached hydrogen (secondary N) is 1. The first-order chi connectivity index (χ1) is 11.0. The zero-order chi connectivity index (χ0) is 16.8. The third-order valence-corrected chi connectivity index (χ3v) is 4.62. The SMILES string of the molecule is COc1cc(OC)c(NC(=O)C(C)SCc2ccco2)cc1Cl. The number of furan rings is 1. The van der Waals surface area contributed by atoms with Crippen LogP contribution in [0.4, 0.5) is 5.69 Å². The molecule has 1 aromatic heterocycles. The van der Waals surface area contributed by atoms with Crippen LogP contribution in [-0.4, -0.2) is 25.4 Å². The molecular formula is C16H18ClNO4S. The summed E-state index contributed by atoms with van der Waals surface area (Å²) in [4.78, 5) is 12.3. The van der Waals surface area contributed by atoms with Crippen molar-refractivity contribution in [2.45, 2.75) is 17.9 Å². The number of carbonyl (C=O) groups excluding carboxylic acids is 1. The molecule has 1 amide bonds. The lowest BCUT2D eigenvalue weighted by Crippen LogP contribution is -2.22. The van der Waals surface area contributed by atoms with Gasteiger partial charge in [-0.3, -0.25) is 4.79 Å². The summed E-state index contributed by atoms with van der Waals surface area (Å²) in [5.41, 5.74) is 0.508. The van der Waals surface area contributed by atoms with E-state index in [0.29, 0.717) is 28.0 Å². The molecule has 1 unspecified atom stereocenters. The molecule has 2 aromatic rings. The van der Waals surface area contributed by atoms with Gasteiger partial charge in [0.2, 0.25) is 5.91 Å². The van der Waals surface area contributed by atoms with E-state index >= 15 is 0 Å². The fourth-order valence-electron chi connectivity index (χ4n) is 1.87.